The molecule has 0 saturated carbocycles. The van der Waals surface area contributed by atoms with Crippen LogP contribution in [-0.4, -0.2) is 30.4 Å². The van der Waals surface area contributed by atoms with Crippen LogP contribution in [0, 0.1) is 13.8 Å². The lowest BCUT2D eigenvalue weighted by Gasteiger charge is -2.16. The van der Waals surface area contributed by atoms with E-state index in [-0.39, 0.29) is 19.0 Å². The molecule has 5 heteroatoms. The third-order valence-corrected chi connectivity index (χ3v) is 3.21. The van der Waals surface area contributed by atoms with Crippen molar-refractivity contribution in [2.75, 3.05) is 13.2 Å². The van der Waals surface area contributed by atoms with Gasteiger partial charge in [-0.05, 0) is 37.1 Å². The Hall–Kier alpha value is -0.480. The van der Waals surface area contributed by atoms with Gasteiger partial charge in [-0.3, -0.25) is 0 Å². The molecule has 0 aliphatic rings. The predicted molar refractivity (Wildman–Crippen MR) is 75.6 cm³/mol. The first-order valence-electron chi connectivity index (χ1n) is 6.21. The van der Waals surface area contributed by atoms with Crippen LogP contribution in [0.3, 0.4) is 0 Å². The monoisotopic (exact) mass is 306 g/mol. The van der Waals surface area contributed by atoms with E-state index in [2.05, 4.69) is 5.32 Å². The van der Waals surface area contributed by atoms with Crippen molar-refractivity contribution < 1.29 is 22.3 Å². The average molecular weight is 307 g/mol. The van der Waals surface area contributed by atoms with Gasteiger partial charge in [-0.15, -0.1) is 0 Å². The van der Waals surface area contributed by atoms with Crippen molar-refractivity contribution in [3.63, 3.8) is 0 Å². The smallest absolute Gasteiger partial charge is 0.120 e. The summed E-state index contributed by atoms with van der Waals surface area (Å²) in [7, 11) is 0. The molecule has 2 N–H and O–H groups in total. The summed E-state index contributed by atoms with van der Waals surface area (Å²) >= 11 is 6.08. The summed E-state index contributed by atoms with van der Waals surface area (Å²) < 4.78 is 5.57. The number of ether oxygens (including phenoxy) is 1. The number of halogens is 2. The van der Waals surface area contributed by atoms with Crippen molar-refractivity contribution in [1.82, 2.24) is 5.32 Å². The van der Waals surface area contributed by atoms with Gasteiger partial charge in [-0.25, -0.2) is 0 Å². The summed E-state index contributed by atoms with van der Waals surface area (Å²) in [5, 5.41) is 13.7. The summed E-state index contributed by atoms with van der Waals surface area (Å²) in [4.78, 5) is 0. The van der Waals surface area contributed by atoms with Crippen LogP contribution >= 0.6 is 11.6 Å². The van der Waals surface area contributed by atoms with E-state index >= 15 is 0 Å². The molecule has 0 saturated heterocycles. The minimum absolute atomic E-state index is 0. The quantitative estimate of drug-likeness (QED) is 0.758. The summed E-state index contributed by atoms with van der Waals surface area (Å²) in [6, 6.07) is 4.13. The molecule has 3 nitrogen and oxygen atoms in total. The third-order valence-electron chi connectivity index (χ3n) is 2.61. The van der Waals surface area contributed by atoms with Gasteiger partial charge in [0.1, 0.15) is 18.5 Å². The molecule has 0 heterocycles. The molecular formula is C14H22Cl2NO2-. The van der Waals surface area contributed by atoms with E-state index in [0.29, 0.717) is 12.6 Å². The predicted octanol–water partition coefficient (Wildman–Crippen LogP) is -0.301. The van der Waals surface area contributed by atoms with E-state index in [1.54, 1.807) is 0 Å². The first-order valence-corrected chi connectivity index (χ1v) is 6.59. The molecule has 0 spiro atoms. The van der Waals surface area contributed by atoms with E-state index in [9.17, 15) is 5.11 Å². The molecule has 0 fully saturated rings. The van der Waals surface area contributed by atoms with Gasteiger partial charge in [-0.1, -0.05) is 25.4 Å². The second-order valence-corrected chi connectivity index (χ2v) is 5.28. The van der Waals surface area contributed by atoms with Crippen molar-refractivity contribution in [2.24, 2.45) is 0 Å². The molecule has 1 aromatic rings. The van der Waals surface area contributed by atoms with Crippen molar-refractivity contribution in [2.45, 2.75) is 39.8 Å². The Balaban J connectivity index is 0.00000324. The van der Waals surface area contributed by atoms with Crippen LogP contribution in [-0.2, 0) is 0 Å². The van der Waals surface area contributed by atoms with Gasteiger partial charge in [-0.2, -0.15) is 0 Å². The Morgan fingerprint density at radius 2 is 1.79 bits per heavy atom. The molecule has 0 aliphatic heterocycles. The van der Waals surface area contributed by atoms with E-state index in [0.717, 1.165) is 21.9 Å². The number of rotatable bonds is 6. The number of aryl methyl sites for hydroxylation is 2. The fourth-order valence-electron chi connectivity index (χ4n) is 1.61. The number of benzene rings is 1. The lowest BCUT2D eigenvalue weighted by Crippen LogP contribution is -3.00. The van der Waals surface area contributed by atoms with Crippen molar-refractivity contribution in [1.29, 1.82) is 0 Å². The minimum atomic E-state index is -0.510. The van der Waals surface area contributed by atoms with Crippen LogP contribution in [0.2, 0.25) is 5.02 Å². The maximum absolute atomic E-state index is 9.74. The molecule has 0 amide bonds. The number of aliphatic hydroxyl groups excluding tert-OH is 1. The fourth-order valence-corrected chi connectivity index (χ4v) is 1.72. The topological polar surface area (TPSA) is 41.5 Å². The van der Waals surface area contributed by atoms with E-state index in [1.165, 1.54) is 0 Å². The van der Waals surface area contributed by atoms with Crippen molar-refractivity contribution >= 4 is 11.6 Å². The lowest BCUT2D eigenvalue weighted by atomic mass is 10.1. The molecule has 1 atom stereocenters. The summed E-state index contributed by atoms with van der Waals surface area (Å²) in [5.41, 5.74) is 1.97. The fraction of sp³-hybridized carbons (Fsp3) is 0.571. The van der Waals surface area contributed by atoms with Gasteiger partial charge >= 0.3 is 0 Å². The van der Waals surface area contributed by atoms with Crippen LogP contribution in [0.1, 0.15) is 25.0 Å². The third kappa shape index (κ3) is 6.48. The zero-order chi connectivity index (χ0) is 13.7. The Morgan fingerprint density at radius 1 is 1.26 bits per heavy atom. The normalized spacial score (nSPS) is 12.2. The highest BCUT2D eigenvalue weighted by molar-refractivity contribution is 6.32. The highest BCUT2D eigenvalue weighted by Crippen LogP contribution is 2.25. The van der Waals surface area contributed by atoms with E-state index < -0.39 is 6.10 Å². The molecular weight excluding hydrogens is 285 g/mol. The number of aliphatic hydroxyl groups is 1. The molecule has 1 aromatic carbocycles. The second-order valence-electron chi connectivity index (χ2n) is 4.90. The number of hydrogen-bond acceptors (Lipinski definition) is 3. The average Bonchev–Trinajstić information content (AvgIpc) is 2.30. The number of nitrogens with one attached hydrogen (secondary N) is 1. The molecule has 0 aromatic heterocycles. The summed E-state index contributed by atoms with van der Waals surface area (Å²) in [6.07, 6.45) is -0.510. The molecule has 19 heavy (non-hydrogen) atoms. The van der Waals surface area contributed by atoms with Gasteiger partial charge in [0.15, 0.2) is 0 Å². The maximum atomic E-state index is 9.74. The van der Waals surface area contributed by atoms with Crippen LogP contribution in [0.25, 0.3) is 0 Å². The molecule has 1 unspecified atom stereocenters. The highest BCUT2D eigenvalue weighted by atomic mass is 35.5. The highest BCUT2D eigenvalue weighted by Gasteiger charge is 2.08. The van der Waals surface area contributed by atoms with Gasteiger partial charge in [0.25, 0.3) is 0 Å². The van der Waals surface area contributed by atoms with Crippen LogP contribution < -0.4 is 22.5 Å². The van der Waals surface area contributed by atoms with Gasteiger partial charge in [0.2, 0.25) is 0 Å². The zero-order valence-corrected chi connectivity index (χ0v) is 13.3. The first-order chi connectivity index (χ1) is 8.40. The summed E-state index contributed by atoms with van der Waals surface area (Å²) in [5.74, 6) is 0.748. The second kappa shape index (κ2) is 8.64. The van der Waals surface area contributed by atoms with Crippen LogP contribution in [0.15, 0.2) is 12.1 Å². The standard InChI is InChI=1S/C14H22ClNO2.ClH/c1-9(2)16-7-12(17)8-18-13-5-10(3)14(15)11(4)6-13;/h5-6,9,12,16-17H,7-8H2,1-4H3;1H/p-1. The Morgan fingerprint density at radius 3 is 2.26 bits per heavy atom. The number of hydrogen-bond donors (Lipinski definition) is 2. The molecule has 0 bridgehead atoms. The van der Waals surface area contributed by atoms with Crippen LogP contribution in [0.4, 0.5) is 0 Å². The molecule has 0 aliphatic carbocycles. The largest absolute Gasteiger partial charge is 1.00 e. The lowest BCUT2D eigenvalue weighted by molar-refractivity contribution is -0.00000575. The van der Waals surface area contributed by atoms with Gasteiger partial charge < -0.3 is 27.6 Å². The Labute approximate surface area is 126 Å². The van der Waals surface area contributed by atoms with E-state index in [4.69, 9.17) is 16.3 Å². The minimum Gasteiger partial charge on any atom is -1.00 e. The van der Waals surface area contributed by atoms with Crippen molar-refractivity contribution in [3.8, 4) is 5.75 Å². The van der Waals surface area contributed by atoms with Crippen LogP contribution in [0.5, 0.6) is 5.75 Å². The van der Waals surface area contributed by atoms with Gasteiger partial charge in [0, 0.05) is 17.6 Å². The summed E-state index contributed by atoms with van der Waals surface area (Å²) in [6.45, 7) is 8.78. The van der Waals surface area contributed by atoms with Gasteiger partial charge in [0.05, 0.1) is 0 Å². The first kappa shape index (κ1) is 18.5. The Bertz CT molecular complexity index is 374. The molecule has 0 radical (unpaired) electrons. The van der Waals surface area contributed by atoms with Crippen molar-refractivity contribution in [3.05, 3.63) is 28.3 Å². The molecule has 110 valence electrons. The SMILES string of the molecule is Cc1cc(OCC(O)CNC(C)C)cc(C)c1Cl.[Cl-]. The van der Waals surface area contributed by atoms with E-state index in [1.807, 2.05) is 39.8 Å². The zero-order valence-electron chi connectivity index (χ0n) is 11.8. The Kier molecular flexibility index (Phi) is 8.42. The molecule has 1 rings (SSSR count). The maximum Gasteiger partial charge on any atom is 0.120 e.